The summed E-state index contributed by atoms with van der Waals surface area (Å²) in [5.41, 5.74) is 1.73. The minimum Gasteiger partial charge on any atom is -0.352 e. The Labute approximate surface area is 152 Å². The van der Waals surface area contributed by atoms with Crippen LogP contribution in [0.1, 0.15) is 22.4 Å². The van der Waals surface area contributed by atoms with Crippen molar-refractivity contribution in [3.63, 3.8) is 0 Å². The number of halogens is 4. The molecule has 0 fully saturated rings. The molecule has 2 heterocycles. The summed E-state index contributed by atoms with van der Waals surface area (Å²) < 4.78 is 39.7. The summed E-state index contributed by atoms with van der Waals surface area (Å²) >= 11 is 5.89. The second-order valence-electron chi connectivity index (χ2n) is 5.98. The van der Waals surface area contributed by atoms with Crippen molar-refractivity contribution in [3.05, 3.63) is 70.1 Å². The van der Waals surface area contributed by atoms with E-state index in [2.05, 4.69) is 10.3 Å². The smallest absolute Gasteiger partial charge is 0.352 e. The van der Waals surface area contributed by atoms with Crippen molar-refractivity contribution < 1.29 is 18.0 Å². The van der Waals surface area contributed by atoms with Crippen LogP contribution in [0.25, 0.3) is 5.65 Å². The van der Waals surface area contributed by atoms with E-state index in [1.807, 2.05) is 31.2 Å². The van der Waals surface area contributed by atoms with Gasteiger partial charge in [-0.05, 0) is 18.6 Å². The van der Waals surface area contributed by atoms with E-state index in [1.54, 1.807) is 0 Å². The lowest BCUT2D eigenvalue weighted by Crippen LogP contribution is -2.24. The molecule has 0 aliphatic carbocycles. The lowest BCUT2D eigenvalue weighted by atomic mass is 10.1. The van der Waals surface area contributed by atoms with E-state index in [0.717, 1.165) is 23.4 Å². The number of amides is 1. The number of alkyl halides is 3. The van der Waals surface area contributed by atoms with Crippen LogP contribution in [0.4, 0.5) is 13.2 Å². The molecule has 4 nitrogen and oxygen atoms in total. The maximum absolute atomic E-state index is 12.8. The molecular formula is C18H15ClF3N3O. The first kappa shape index (κ1) is 18.3. The molecule has 1 N–H and O–H groups in total. The topological polar surface area (TPSA) is 46.4 Å². The van der Waals surface area contributed by atoms with E-state index in [-0.39, 0.29) is 23.0 Å². The molecule has 1 aromatic carbocycles. The predicted octanol–water partition coefficient (Wildman–Crippen LogP) is 4.17. The van der Waals surface area contributed by atoms with Crippen LogP contribution in [-0.4, -0.2) is 15.3 Å². The third-order valence-corrected chi connectivity index (χ3v) is 4.11. The number of imidazole rings is 1. The summed E-state index contributed by atoms with van der Waals surface area (Å²) in [4.78, 5) is 16.2. The molecule has 136 valence electrons. The molecule has 8 heteroatoms. The fourth-order valence-electron chi connectivity index (χ4n) is 2.48. The minimum absolute atomic E-state index is 0.0504. The number of nitrogens with one attached hydrogen (secondary N) is 1. The van der Waals surface area contributed by atoms with Crippen LogP contribution >= 0.6 is 11.6 Å². The van der Waals surface area contributed by atoms with Crippen LogP contribution in [0.15, 0.2) is 42.7 Å². The zero-order valence-corrected chi connectivity index (χ0v) is 14.5. The fourth-order valence-corrected chi connectivity index (χ4v) is 2.74. The minimum atomic E-state index is -4.51. The van der Waals surface area contributed by atoms with Gasteiger partial charge in [-0.25, -0.2) is 4.98 Å². The van der Waals surface area contributed by atoms with Gasteiger partial charge in [0, 0.05) is 18.9 Å². The molecular weight excluding hydrogens is 367 g/mol. The van der Waals surface area contributed by atoms with Crippen molar-refractivity contribution in [2.45, 2.75) is 26.1 Å². The molecule has 3 rings (SSSR count). The first-order valence-electron chi connectivity index (χ1n) is 7.79. The van der Waals surface area contributed by atoms with Gasteiger partial charge in [-0.15, -0.1) is 0 Å². The lowest BCUT2D eigenvalue weighted by Gasteiger charge is -2.07. The maximum atomic E-state index is 12.8. The first-order valence-corrected chi connectivity index (χ1v) is 8.17. The maximum Gasteiger partial charge on any atom is 0.417 e. The SMILES string of the molecule is Cc1ccc(CNC(=O)Cc2cn3cc(C(F)(F)F)cc(Cl)c3n2)cc1. The van der Waals surface area contributed by atoms with Crippen LogP contribution in [0.2, 0.25) is 5.02 Å². The van der Waals surface area contributed by atoms with Gasteiger partial charge in [0.1, 0.15) is 0 Å². The Balaban J connectivity index is 1.71. The number of hydrogen-bond donors (Lipinski definition) is 1. The van der Waals surface area contributed by atoms with E-state index in [4.69, 9.17) is 11.6 Å². The van der Waals surface area contributed by atoms with Crippen molar-refractivity contribution in [2.75, 3.05) is 0 Å². The van der Waals surface area contributed by atoms with Crippen molar-refractivity contribution in [3.8, 4) is 0 Å². The molecule has 1 amide bonds. The van der Waals surface area contributed by atoms with Crippen molar-refractivity contribution in [1.29, 1.82) is 0 Å². The number of nitrogens with zero attached hydrogens (tertiary/aromatic N) is 2. The Bertz CT molecular complexity index is 949. The summed E-state index contributed by atoms with van der Waals surface area (Å²) in [6, 6.07) is 8.55. The molecule has 3 aromatic rings. The highest BCUT2D eigenvalue weighted by atomic mass is 35.5. The van der Waals surface area contributed by atoms with Gasteiger partial charge in [-0.1, -0.05) is 41.4 Å². The van der Waals surface area contributed by atoms with E-state index >= 15 is 0 Å². The third-order valence-electron chi connectivity index (χ3n) is 3.84. The standard InChI is InChI=1S/C18H15ClF3N3O/c1-11-2-4-12(5-3-11)8-23-16(26)7-14-10-25-9-13(18(20,21)22)6-15(19)17(25)24-14/h2-6,9-10H,7-8H2,1H3,(H,23,26). The number of carbonyl (C=O) groups excluding carboxylic acids is 1. The Morgan fingerprint density at radius 3 is 2.58 bits per heavy atom. The Kier molecular flexibility index (Phi) is 4.91. The predicted molar refractivity (Wildman–Crippen MR) is 91.9 cm³/mol. The highest BCUT2D eigenvalue weighted by Crippen LogP contribution is 2.32. The number of benzene rings is 1. The number of aryl methyl sites for hydroxylation is 1. The Morgan fingerprint density at radius 1 is 1.23 bits per heavy atom. The molecule has 0 saturated carbocycles. The van der Waals surface area contributed by atoms with Crippen LogP contribution in [0, 0.1) is 6.92 Å². The van der Waals surface area contributed by atoms with Gasteiger partial charge in [0.05, 0.1) is 22.7 Å². The van der Waals surface area contributed by atoms with E-state index in [1.165, 1.54) is 10.6 Å². The molecule has 2 aromatic heterocycles. The molecule has 0 aliphatic rings. The zero-order chi connectivity index (χ0) is 18.9. The number of pyridine rings is 1. The molecule has 0 unspecified atom stereocenters. The summed E-state index contributed by atoms with van der Waals surface area (Å²) in [6.45, 7) is 2.34. The Morgan fingerprint density at radius 2 is 1.92 bits per heavy atom. The summed E-state index contributed by atoms with van der Waals surface area (Å²) in [6.07, 6.45) is -2.28. The highest BCUT2D eigenvalue weighted by molar-refractivity contribution is 6.33. The molecule has 0 radical (unpaired) electrons. The third kappa shape index (κ3) is 4.16. The normalized spacial score (nSPS) is 11.7. The van der Waals surface area contributed by atoms with Crippen molar-refractivity contribution in [1.82, 2.24) is 14.7 Å². The van der Waals surface area contributed by atoms with Gasteiger partial charge in [0.25, 0.3) is 0 Å². The van der Waals surface area contributed by atoms with Gasteiger partial charge >= 0.3 is 6.18 Å². The van der Waals surface area contributed by atoms with Gasteiger partial charge in [-0.3, -0.25) is 4.79 Å². The van der Waals surface area contributed by atoms with E-state index in [9.17, 15) is 18.0 Å². The second kappa shape index (κ2) is 6.99. The Hall–Kier alpha value is -2.54. The number of carbonyl (C=O) groups is 1. The van der Waals surface area contributed by atoms with E-state index in [0.29, 0.717) is 12.2 Å². The molecule has 0 atom stereocenters. The van der Waals surface area contributed by atoms with Crippen LogP contribution < -0.4 is 5.32 Å². The number of hydrogen-bond acceptors (Lipinski definition) is 2. The fraction of sp³-hybridized carbons (Fsp3) is 0.222. The van der Waals surface area contributed by atoms with Gasteiger partial charge < -0.3 is 9.72 Å². The van der Waals surface area contributed by atoms with Gasteiger partial charge in [0.15, 0.2) is 5.65 Å². The van der Waals surface area contributed by atoms with Gasteiger partial charge in [-0.2, -0.15) is 13.2 Å². The number of aromatic nitrogens is 2. The summed E-state index contributed by atoms with van der Waals surface area (Å²) in [5.74, 6) is -0.277. The molecule has 26 heavy (non-hydrogen) atoms. The van der Waals surface area contributed by atoms with Crippen LogP contribution in [0.3, 0.4) is 0 Å². The largest absolute Gasteiger partial charge is 0.417 e. The summed E-state index contributed by atoms with van der Waals surface area (Å²) in [7, 11) is 0. The van der Waals surface area contributed by atoms with Gasteiger partial charge in [0.2, 0.25) is 5.91 Å². The molecule has 0 spiro atoms. The lowest BCUT2D eigenvalue weighted by molar-refractivity contribution is -0.137. The quantitative estimate of drug-likeness (QED) is 0.737. The average molecular weight is 382 g/mol. The van der Waals surface area contributed by atoms with Crippen molar-refractivity contribution in [2.24, 2.45) is 0 Å². The highest BCUT2D eigenvalue weighted by Gasteiger charge is 2.31. The molecule has 0 aliphatic heterocycles. The van der Waals surface area contributed by atoms with E-state index < -0.39 is 11.7 Å². The monoisotopic (exact) mass is 381 g/mol. The van der Waals surface area contributed by atoms with Crippen LogP contribution in [-0.2, 0) is 23.9 Å². The summed E-state index contributed by atoms with van der Waals surface area (Å²) in [5, 5.41) is 2.64. The van der Waals surface area contributed by atoms with Crippen LogP contribution in [0.5, 0.6) is 0 Å². The zero-order valence-electron chi connectivity index (χ0n) is 13.8. The average Bonchev–Trinajstić information content (AvgIpc) is 2.96. The first-order chi connectivity index (χ1) is 12.2. The number of rotatable bonds is 4. The molecule has 0 saturated heterocycles. The van der Waals surface area contributed by atoms with Crippen molar-refractivity contribution >= 4 is 23.2 Å². The molecule has 0 bridgehead atoms. The number of fused-ring (bicyclic) bond motifs is 1. The second-order valence-corrected chi connectivity index (χ2v) is 6.38.